The Bertz CT molecular complexity index is 822. The van der Waals surface area contributed by atoms with Gasteiger partial charge < -0.3 is 4.90 Å². The minimum Gasteiger partial charge on any atom is -0.354 e. The van der Waals surface area contributed by atoms with Crippen LogP contribution in [0.15, 0.2) is 51.8 Å². The first-order valence-corrected chi connectivity index (χ1v) is 10.5. The van der Waals surface area contributed by atoms with Gasteiger partial charge in [0.2, 0.25) is 5.95 Å². The summed E-state index contributed by atoms with van der Waals surface area (Å²) in [6.45, 7) is 3.36. The van der Waals surface area contributed by atoms with Crippen LogP contribution >= 0.6 is 15.9 Å². The average Bonchev–Trinajstić information content (AvgIpc) is 2.61. The molecule has 0 aliphatic carbocycles. The van der Waals surface area contributed by atoms with E-state index in [4.69, 9.17) is 0 Å². The maximum atomic E-state index is 13.2. The third-order valence-electron chi connectivity index (χ3n) is 4.25. The van der Waals surface area contributed by atoms with Crippen molar-refractivity contribution in [3.8, 4) is 0 Å². The number of benzene rings is 1. The molecule has 8 heteroatoms. The van der Waals surface area contributed by atoms with Gasteiger partial charge in [0.15, 0.2) is 9.84 Å². The Balaban J connectivity index is 1.53. The highest BCUT2D eigenvalue weighted by atomic mass is 79.9. The number of rotatable bonds is 5. The molecule has 0 N–H and O–H groups in total. The zero-order valence-electron chi connectivity index (χ0n) is 13.6. The highest BCUT2D eigenvalue weighted by Gasteiger charge is 2.21. The van der Waals surface area contributed by atoms with Crippen LogP contribution < -0.4 is 4.90 Å². The van der Waals surface area contributed by atoms with Crippen molar-refractivity contribution < 1.29 is 12.8 Å². The molecule has 0 spiro atoms. The van der Waals surface area contributed by atoms with Gasteiger partial charge in [0.25, 0.3) is 0 Å². The highest BCUT2D eigenvalue weighted by molar-refractivity contribution is 9.10. The Morgan fingerprint density at radius 1 is 1.04 bits per heavy atom. The second kappa shape index (κ2) is 7.80. The lowest BCUT2D eigenvalue weighted by Crippen LogP contribution is -2.48. The molecular formula is C17H19BrFN3O2S. The van der Waals surface area contributed by atoms with E-state index in [1.165, 1.54) is 6.07 Å². The topological polar surface area (TPSA) is 53.5 Å². The summed E-state index contributed by atoms with van der Waals surface area (Å²) in [7, 11) is -3.29. The molecule has 3 rings (SSSR count). The normalized spacial score (nSPS) is 16.2. The maximum absolute atomic E-state index is 13.2. The predicted molar refractivity (Wildman–Crippen MR) is 99.0 cm³/mol. The molecule has 25 heavy (non-hydrogen) atoms. The number of hydrogen-bond donors (Lipinski definition) is 0. The van der Waals surface area contributed by atoms with Crippen molar-refractivity contribution in [2.24, 2.45) is 0 Å². The molecule has 2 heterocycles. The van der Waals surface area contributed by atoms with Crippen molar-refractivity contribution in [3.05, 3.63) is 52.9 Å². The molecule has 1 fully saturated rings. The second-order valence-electron chi connectivity index (χ2n) is 5.92. The number of hydrogen-bond acceptors (Lipinski definition) is 5. The molecule has 5 nitrogen and oxygen atoms in total. The van der Waals surface area contributed by atoms with E-state index in [2.05, 4.69) is 25.8 Å². The van der Waals surface area contributed by atoms with Crippen molar-refractivity contribution in [3.63, 3.8) is 0 Å². The first kappa shape index (κ1) is 18.3. The van der Waals surface area contributed by atoms with Gasteiger partial charge in [-0.3, -0.25) is 4.90 Å². The lowest BCUT2D eigenvalue weighted by Gasteiger charge is -2.35. The SMILES string of the molecule is O=S(=O)(CCN1CCN(c2cccc(F)n2)CC1)c1ccc(Br)cc1. The molecule has 0 amide bonds. The summed E-state index contributed by atoms with van der Waals surface area (Å²) < 4.78 is 38.9. The standard InChI is InChI=1S/C17H19BrFN3O2S/c18-14-4-6-15(7-5-14)25(23,24)13-12-21-8-10-22(11-9-21)17-3-1-2-16(19)20-17/h1-7H,8-13H2. The van der Waals surface area contributed by atoms with Gasteiger partial charge in [-0.1, -0.05) is 22.0 Å². The fourth-order valence-corrected chi connectivity index (χ4v) is 4.33. The number of anilines is 1. The Labute approximate surface area is 155 Å². The molecule has 1 aromatic heterocycles. The third-order valence-corrected chi connectivity index (χ3v) is 6.48. The molecule has 0 saturated carbocycles. The monoisotopic (exact) mass is 427 g/mol. The van der Waals surface area contributed by atoms with Gasteiger partial charge in [0, 0.05) is 37.2 Å². The van der Waals surface area contributed by atoms with Crippen molar-refractivity contribution in [2.45, 2.75) is 4.90 Å². The quantitative estimate of drug-likeness (QED) is 0.686. The van der Waals surface area contributed by atoms with Crippen molar-refractivity contribution >= 4 is 31.6 Å². The van der Waals surface area contributed by atoms with E-state index < -0.39 is 15.8 Å². The van der Waals surface area contributed by atoms with E-state index in [9.17, 15) is 12.8 Å². The minimum atomic E-state index is -3.29. The van der Waals surface area contributed by atoms with Gasteiger partial charge in [0.05, 0.1) is 10.6 Å². The predicted octanol–water partition coefficient (Wildman–Crippen LogP) is 2.58. The van der Waals surface area contributed by atoms with E-state index in [0.717, 1.165) is 17.6 Å². The second-order valence-corrected chi connectivity index (χ2v) is 8.94. The molecule has 0 bridgehead atoms. The summed E-state index contributed by atoms with van der Waals surface area (Å²) >= 11 is 3.31. The van der Waals surface area contributed by atoms with Gasteiger partial charge >= 0.3 is 0 Å². The summed E-state index contributed by atoms with van der Waals surface area (Å²) in [6, 6.07) is 11.5. The molecule has 1 aliphatic heterocycles. The van der Waals surface area contributed by atoms with Gasteiger partial charge in [-0.15, -0.1) is 0 Å². The number of halogens is 2. The van der Waals surface area contributed by atoms with Gasteiger partial charge in [0.1, 0.15) is 5.82 Å². The minimum absolute atomic E-state index is 0.0901. The van der Waals surface area contributed by atoms with Crippen LogP contribution in [-0.2, 0) is 9.84 Å². The van der Waals surface area contributed by atoms with E-state index in [1.54, 1.807) is 36.4 Å². The molecule has 2 aromatic rings. The summed E-state index contributed by atoms with van der Waals surface area (Å²) in [5.41, 5.74) is 0. The third kappa shape index (κ3) is 4.77. The summed E-state index contributed by atoms with van der Waals surface area (Å²) in [6.07, 6.45) is 0. The van der Waals surface area contributed by atoms with Crippen LogP contribution in [0.2, 0.25) is 0 Å². The van der Waals surface area contributed by atoms with E-state index in [1.807, 2.05) is 4.90 Å². The molecule has 0 radical (unpaired) electrons. The fraction of sp³-hybridized carbons (Fsp3) is 0.353. The van der Waals surface area contributed by atoms with Gasteiger partial charge in [-0.2, -0.15) is 4.39 Å². The number of nitrogens with zero attached hydrogens (tertiary/aromatic N) is 3. The van der Waals surface area contributed by atoms with Crippen LogP contribution in [0.1, 0.15) is 0 Å². The Morgan fingerprint density at radius 3 is 2.36 bits per heavy atom. The molecule has 0 unspecified atom stereocenters. The average molecular weight is 428 g/mol. The van der Waals surface area contributed by atoms with Crippen LogP contribution in [0.25, 0.3) is 0 Å². The number of sulfone groups is 1. The summed E-state index contributed by atoms with van der Waals surface area (Å²) in [4.78, 5) is 8.37. The fourth-order valence-electron chi connectivity index (χ4n) is 2.78. The van der Waals surface area contributed by atoms with Gasteiger partial charge in [-0.25, -0.2) is 13.4 Å². The van der Waals surface area contributed by atoms with Crippen LogP contribution in [0, 0.1) is 5.95 Å². The number of pyridine rings is 1. The molecule has 1 saturated heterocycles. The lowest BCUT2D eigenvalue weighted by molar-refractivity contribution is 0.271. The van der Waals surface area contributed by atoms with Crippen LogP contribution in [0.4, 0.5) is 10.2 Å². The number of piperazine rings is 1. The zero-order chi connectivity index (χ0) is 17.9. The molecule has 0 atom stereocenters. The van der Waals surface area contributed by atoms with Crippen molar-refractivity contribution in [1.29, 1.82) is 0 Å². The highest BCUT2D eigenvalue weighted by Crippen LogP contribution is 2.17. The van der Waals surface area contributed by atoms with E-state index in [0.29, 0.717) is 30.3 Å². The molecule has 1 aliphatic rings. The van der Waals surface area contributed by atoms with Crippen LogP contribution in [0.5, 0.6) is 0 Å². The van der Waals surface area contributed by atoms with E-state index in [-0.39, 0.29) is 5.75 Å². The van der Waals surface area contributed by atoms with Gasteiger partial charge in [-0.05, 0) is 36.4 Å². The van der Waals surface area contributed by atoms with Crippen molar-refractivity contribution in [1.82, 2.24) is 9.88 Å². The largest absolute Gasteiger partial charge is 0.354 e. The Kier molecular flexibility index (Phi) is 5.71. The Morgan fingerprint density at radius 2 is 1.72 bits per heavy atom. The zero-order valence-corrected chi connectivity index (χ0v) is 16.0. The maximum Gasteiger partial charge on any atom is 0.214 e. The smallest absolute Gasteiger partial charge is 0.214 e. The van der Waals surface area contributed by atoms with Crippen LogP contribution in [-0.4, -0.2) is 56.8 Å². The first-order chi connectivity index (χ1) is 11.9. The van der Waals surface area contributed by atoms with Crippen LogP contribution in [0.3, 0.4) is 0 Å². The molecule has 134 valence electrons. The lowest BCUT2D eigenvalue weighted by atomic mass is 10.3. The van der Waals surface area contributed by atoms with Crippen molar-refractivity contribution in [2.75, 3.05) is 43.4 Å². The Hall–Kier alpha value is -1.51. The summed E-state index contributed by atoms with van der Waals surface area (Å²) in [5, 5.41) is 0. The molecule has 1 aromatic carbocycles. The number of aromatic nitrogens is 1. The van der Waals surface area contributed by atoms with E-state index >= 15 is 0 Å². The first-order valence-electron chi connectivity index (χ1n) is 8.02. The molecular weight excluding hydrogens is 409 g/mol. The summed E-state index contributed by atoms with van der Waals surface area (Å²) in [5.74, 6) is 0.231.